The van der Waals surface area contributed by atoms with Gasteiger partial charge in [-0.2, -0.15) is 13.2 Å². The summed E-state index contributed by atoms with van der Waals surface area (Å²) in [7, 11) is 0. The first kappa shape index (κ1) is 18.1. The lowest BCUT2D eigenvalue weighted by molar-refractivity contribution is -0.145. The molecule has 1 amide bonds. The highest BCUT2D eigenvalue weighted by molar-refractivity contribution is 8.00. The second kappa shape index (κ2) is 7.24. The van der Waals surface area contributed by atoms with Gasteiger partial charge in [0, 0.05) is 17.8 Å². The molecule has 1 aromatic carbocycles. The van der Waals surface area contributed by atoms with Gasteiger partial charge in [0.25, 0.3) is 0 Å². The molecule has 1 N–H and O–H groups in total. The Kier molecular flexibility index (Phi) is 5.03. The molecule has 0 bridgehead atoms. The highest BCUT2D eigenvalue weighted by Crippen LogP contribution is 2.33. The molecule has 3 aromatic rings. The molecule has 0 spiro atoms. The van der Waals surface area contributed by atoms with Gasteiger partial charge in [-0.05, 0) is 19.1 Å². The first-order valence-corrected chi connectivity index (χ1v) is 8.31. The quantitative estimate of drug-likeness (QED) is 0.552. The van der Waals surface area contributed by atoms with Crippen LogP contribution in [0.15, 0.2) is 47.8 Å². The van der Waals surface area contributed by atoms with Crippen molar-refractivity contribution in [2.45, 2.75) is 23.4 Å². The number of hydrogen-bond acceptors (Lipinski definition) is 6. The predicted molar refractivity (Wildman–Crippen MR) is 90.5 cm³/mol. The van der Waals surface area contributed by atoms with Crippen LogP contribution in [0.1, 0.15) is 12.7 Å². The monoisotopic (exact) mass is 379 g/mol. The number of carbonyl (C=O) groups excluding carboxylic acids is 1. The molecule has 1 atom stereocenters. The van der Waals surface area contributed by atoms with Crippen molar-refractivity contribution >= 4 is 34.5 Å². The van der Waals surface area contributed by atoms with Crippen LogP contribution in [-0.4, -0.2) is 31.1 Å². The molecule has 6 nitrogen and oxygen atoms in total. The summed E-state index contributed by atoms with van der Waals surface area (Å²) >= 11 is 0.912. The van der Waals surface area contributed by atoms with Gasteiger partial charge >= 0.3 is 6.18 Å². The number of nitrogens with one attached hydrogen (secondary N) is 1. The fraction of sp³-hybridized carbons (Fsp3) is 0.188. The Balaban J connectivity index is 1.88. The third-order valence-corrected chi connectivity index (χ3v) is 4.38. The summed E-state index contributed by atoms with van der Waals surface area (Å²) in [4.78, 5) is 27.2. The first-order chi connectivity index (χ1) is 12.3. The van der Waals surface area contributed by atoms with E-state index in [1.54, 1.807) is 31.2 Å². The van der Waals surface area contributed by atoms with E-state index in [1.807, 2.05) is 0 Å². The topological polar surface area (TPSA) is 80.7 Å². The largest absolute Gasteiger partial charge is 0.451 e. The molecule has 26 heavy (non-hydrogen) atoms. The van der Waals surface area contributed by atoms with E-state index in [0.717, 1.165) is 11.8 Å². The van der Waals surface area contributed by atoms with Crippen LogP contribution in [0.4, 0.5) is 19.1 Å². The number of fused-ring (bicyclic) bond motifs is 1. The molecule has 10 heteroatoms. The second-order valence-electron chi connectivity index (χ2n) is 5.19. The van der Waals surface area contributed by atoms with E-state index < -0.39 is 23.2 Å². The molecule has 0 saturated heterocycles. The van der Waals surface area contributed by atoms with Crippen LogP contribution in [0.2, 0.25) is 0 Å². The molecule has 0 aliphatic rings. The lowest BCUT2D eigenvalue weighted by atomic mass is 10.2. The number of amides is 1. The molecule has 1 unspecified atom stereocenters. The smallest absolute Gasteiger partial charge is 0.294 e. The van der Waals surface area contributed by atoms with E-state index in [2.05, 4.69) is 25.3 Å². The number of aromatic nitrogens is 4. The van der Waals surface area contributed by atoms with Gasteiger partial charge in [-0.15, -0.1) is 0 Å². The number of hydrogen-bond donors (Lipinski definition) is 1. The number of para-hydroxylation sites is 1. The third-order valence-electron chi connectivity index (χ3n) is 3.28. The lowest BCUT2D eigenvalue weighted by Crippen LogP contribution is -2.24. The second-order valence-corrected chi connectivity index (χ2v) is 6.52. The summed E-state index contributed by atoms with van der Waals surface area (Å²) in [6.07, 6.45) is -1.75. The van der Waals surface area contributed by atoms with E-state index in [0.29, 0.717) is 5.39 Å². The van der Waals surface area contributed by atoms with Gasteiger partial charge in [-0.3, -0.25) is 10.1 Å². The van der Waals surface area contributed by atoms with Crippen molar-refractivity contribution in [3.63, 3.8) is 0 Å². The van der Waals surface area contributed by atoms with Crippen molar-refractivity contribution in [1.82, 2.24) is 19.9 Å². The average Bonchev–Trinajstić information content (AvgIpc) is 2.61. The zero-order chi connectivity index (χ0) is 18.7. The minimum absolute atomic E-state index is 0.0829. The normalized spacial score (nSPS) is 12.8. The number of halogens is 3. The SMILES string of the molecule is CC(Sc1nc(C(F)(F)F)nc2ccccc12)C(=O)Nc1ncccn1. The Hall–Kier alpha value is -2.75. The number of carbonyl (C=O) groups is 1. The zero-order valence-corrected chi connectivity index (χ0v) is 14.2. The van der Waals surface area contributed by atoms with Gasteiger partial charge in [-0.1, -0.05) is 30.0 Å². The highest BCUT2D eigenvalue weighted by atomic mass is 32.2. The van der Waals surface area contributed by atoms with Crippen LogP contribution in [0.5, 0.6) is 0 Å². The molecular formula is C16H12F3N5OS. The standard InChI is InChI=1S/C16H12F3N5OS/c1-9(12(25)23-15-20-7-4-8-21-15)26-13-10-5-2-3-6-11(10)22-14(24-13)16(17,18)19/h2-9H,1H3,(H,20,21,23,25). The Bertz CT molecular complexity index is 936. The predicted octanol–water partition coefficient (Wildman–Crippen LogP) is 3.56. The molecule has 0 saturated carbocycles. The maximum atomic E-state index is 13.0. The lowest BCUT2D eigenvalue weighted by Gasteiger charge is -2.14. The van der Waals surface area contributed by atoms with Crippen LogP contribution >= 0.6 is 11.8 Å². The highest BCUT2D eigenvalue weighted by Gasteiger charge is 2.36. The van der Waals surface area contributed by atoms with Gasteiger partial charge in [0.05, 0.1) is 10.8 Å². The first-order valence-electron chi connectivity index (χ1n) is 7.43. The number of benzene rings is 1. The van der Waals surface area contributed by atoms with Gasteiger partial charge in [0.1, 0.15) is 5.03 Å². The number of anilines is 1. The van der Waals surface area contributed by atoms with Gasteiger partial charge < -0.3 is 0 Å². The summed E-state index contributed by atoms with van der Waals surface area (Å²) < 4.78 is 39.1. The van der Waals surface area contributed by atoms with Gasteiger partial charge in [-0.25, -0.2) is 19.9 Å². The maximum Gasteiger partial charge on any atom is 0.451 e. The fourth-order valence-electron chi connectivity index (χ4n) is 2.06. The summed E-state index contributed by atoms with van der Waals surface area (Å²) in [6.45, 7) is 1.56. The molecule has 0 fully saturated rings. The van der Waals surface area contributed by atoms with Crippen molar-refractivity contribution in [1.29, 1.82) is 0 Å². The molecule has 2 heterocycles. The number of nitrogens with zero attached hydrogens (tertiary/aromatic N) is 4. The third kappa shape index (κ3) is 4.07. The van der Waals surface area contributed by atoms with Crippen molar-refractivity contribution in [2.24, 2.45) is 0 Å². The zero-order valence-electron chi connectivity index (χ0n) is 13.4. The van der Waals surface area contributed by atoms with Gasteiger partial charge in [0.2, 0.25) is 17.7 Å². The Labute approximate surface area is 150 Å². The molecule has 0 aliphatic heterocycles. The summed E-state index contributed by atoms with van der Waals surface area (Å²) in [5.41, 5.74) is 0.163. The summed E-state index contributed by atoms with van der Waals surface area (Å²) in [5.74, 6) is -1.57. The van der Waals surface area contributed by atoms with Crippen LogP contribution in [0, 0.1) is 0 Å². The Morgan fingerprint density at radius 1 is 1.12 bits per heavy atom. The number of alkyl halides is 3. The molecule has 2 aromatic heterocycles. The van der Waals surface area contributed by atoms with E-state index in [1.165, 1.54) is 18.5 Å². The Morgan fingerprint density at radius 3 is 2.50 bits per heavy atom. The van der Waals surface area contributed by atoms with Crippen molar-refractivity contribution in [3.8, 4) is 0 Å². The Morgan fingerprint density at radius 2 is 1.81 bits per heavy atom. The van der Waals surface area contributed by atoms with Crippen LogP contribution < -0.4 is 5.32 Å². The molecule has 3 rings (SSSR count). The van der Waals surface area contributed by atoms with Crippen molar-refractivity contribution < 1.29 is 18.0 Å². The van der Waals surface area contributed by atoms with E-state index in [-0.39, 0.29) is 16.5 Å². The van der Waals surface area contributed by atoms with E-state index >= 15 is 0 Å². The van der Waals surface area contributed by atoms with E-state index in [4.69, 9.17) is 0 Å². The number of thioether (sulfide) groups is 1. The molecule has 134 valence electrons. The van der Waals surface area contributed by atoms with E-state index in [9.17, 15) is 18.0 Å². The molecular weight excluding hydrogens is 367 g/mol. The maximum absolute atomic E-state index is 13.0. The summed E-state index contributed by atoms with van der Waals surface area (Å²) in [6, 6.07) is 7.94. The molecule has 0 aliphatic carbocycles. The van der Waals surface area contributed by atoms with Crippen molar-refractivity contribution in [2.75, 3.05) is 5.32 Å². The van der Waals surface area contributed by atoms with Crippen LogP contribution in [-0.2, 0) is 11.0 Å². The van der Waals surface area contributed by atoms with Crippen LogP contribution in [0.25, 0.3) is 10.9 Å². The fourth-order valence-corrected chi connectivity index (χ4v) is 3.00. The van der Waals surface area contributed by atoms with Gasteiger partial charge in [0.15, 0.2) is 0 Å². The number of rotatable bonds is 4. The van der Waals surface area contributed by atoms with Crippen molar-refractivity contribution in [3.05, 3.63) is 48.5 Å². The summed E-state index contributed by atoms with van der Waals surface area (Å²) in [5, 5.41) is 2.31. The molecule has 0 radical (unpaired) electrons. The minimum atomic E-state index is -4.68. The average molecular weight is 379 g/mol. The minimum Gasteiger partial charge on any atom is -0.294 e. The van der Waals surface area contributed by atoms with Crippen LogP contribution in [0.3, 0.4) is 0 Å².